The lowest BCUT2D eigenvalue weighted by molar-refractivity contribution is -0.184. The van der Waals surface area contributed by atoms with E-state index in [1.807, 2.05) is 0 Å². The van der Waals surface area contributed by atoms with Crippen LogP contribution in [0.5, 0.6) is 0 Å². The van der Waals surface area contributed by atoms with Crippen molar-refractivity contribution in [1.82, 2.24) is 26.1 Å². The molecule has 2 aromatic rings. The van der Waals surface area contributed by atoms with E-state index >= 15 is 0 Å². The van der Waals surface area contributed by atoms with Crippen molar-refractivity contribution in [3.05, 3.63) is 29.8 Å². The average Bonchev–Trinajstić information content (AvgIpc) is 2.91. The predicted molar refractivity (Wildman–Crippen MR) is 59.1 cm³/mol. The van der Waals surface area contributed by atoms with E-state index in [1.54, 1.807) is 5.48 Å². The number of nitrogens with zero attached hydrogens (tertiary/aromatic N) is 3. The molecule has 0 spiro atoms. The number of hydroxylamine groups is 1. The minimum absolute atomic E-state index is 0.138. The van der Waals surface area contributed by atoms with Crippen LogP contribution in [0.2, 0.25) is 0 Å². The summed E-state index contributed by atoms with van der Waals surface area (Å²) < 4.78 is 35.5. The highest BCUT2D eigenvalue weighted by Gasteiger charge is 2.28. The molecule has 0 atom stereocenters. The number of hydrogen-bond donors (Lipinski definition) is 2. The number of alkyl halides is 3. The molecule has 10 heteroatoms. The maximum Gasteiger partial charge on any atom is 0.414 e. The van der Waals surface area contributed by atoms with Crippen LogP contribution in [0, 0.1) is 0 Å². The van der Waals surface area contributed by atoms with Crippen molar-refractivity contribution in [2.24, 2.45) is 0 Å². The Morgan fingerprint density at radius 3 is 2.55 bits per heavy atom. The number of tetrazole rings is 1. The van der Waals surface area contributed by atoms with Gasteiger partial charge < -0.3 is 0 Å². The summed E-state index contributed by atoms with van der Waals surface area (Å²) in [4.78, 5) is 15.5. The van der Waals surface area contributed by atoms with Gasteiger partial charge in [0.1, 0.15) is 0 Å². The third-order valence-corrected chi connectivity index (χ3v) is 2.15. The normalized spacial score (nSPS) is 11.3. The Labute approximate surface area is 110 Å². The van der Waals surface area contributed by atoms with E-state index in [2.05, 4.69) is 25.5 Å². The Kier molecular flexibility index (Phi) is 3.94. The second-order valence-electron chi connectivity index (χ2n) is 3.65. The zero-order valence-electron chi connectivity index (χ0n) is 9.81. The van der Waals surface area contributed by atoms with E-state index in [0.717, 1.165) is 0 Å². The van der Waals surface area contributed by atoms with Crippen LogP contribution in [-0.4, -0.2) is 39.3 Å². The molecule has 0 saturated heterocycles. The molecular formula is C10H8F3N5O2. The van der Waals surface area contributed by atoms with Crippen molar-refractivity contribution in [3.8, 4) is 11.4 Å². The minimum atomic E-state index is -4.50. The van der Waals surface area contributed by atoms with Crippen LogP contribution in [0.4, 0.5) is 13.2 Å². The lowest BCUT2D eigenvalue weighted by atomic mass is 10.1. The fourth-order valence-electron chi connectivity index (χ4n) is 1.30. The molecule has 2 rings (SSSR count). The minimum Gasteiger partial charge on any atom is -0.267 e. The predicted octanol–water partition coefficient (Wildman–Crippen LogP) is 1.09. The Morgan fingerprint density at radius 1 is 1.30 bits per heavy atom. The summed E-state index contributed by atoms with van der Waals surface area (Å²) in [7, 11) is 0. The number of aromatic amines is 1. The number of carbonyl (C=O) groups excluding carboxylic acids is 1. The van der Waals surface area contributed by atoms with E-state index in [1.165, 1.54) is 24.3 Å². The zero-order valence-corrected chi connectivity index (χ0v) is 9.81. The molecule has 0 aliphatic carbocycles. The second-order valence-corrected chi connectivity index (χ2v) is 3.65. The highest BCUT2D eigenvalue weighted by atomic mass is 19.4. The molecule has 1 amide bonds. The number of nitrogens with one attached hydrogen (secondary N) is 2. The highest BCUT2D eigenvalue weighted by molar-refractivity contribution is 5.93. The molecule has 0 aliphatic rings. The van der Waals surface area contributed by atoms with Crippen molar-refractivity contribution in [3.63, 3.8) is 0 Å². The van der Waals surface area contributed by atoms with Gasteiger partial charge in [-0.05, 0) is 17.3 Å². The first-order valence-corrected chi connectivity index (χ1v) is 5.28. The summed E-state index contributed by atoms with van der Waals surface area (Å²) >= 11 is 0. The van der Waals surface area contributed by atoms with Crippen molar-refractivity contribution in [2.75, 3.05) is 6.61 Å². The topological polar surface area (TPSA) is 92.8 Å². The standard InChI is InChI=1S/C10H8F3N5O2/c11-10(12,13)5-20-16-9(19)7-3-1-6(2-4-7)8-14-17-18-15-8/h1-4H,5H2,(H,16,19)(H,14,15,17,18). The van der Waals surface area contributed by atoms with Crippen LogP contribution in [0.15, 0.2) is 24.3 Å². The molecule has 0 saturated carbocycles. The molecule has 1 heterocycles. The lowest BCUT2D eigenvalue weighted by Crippen LogP contribution is -2.29. The van der Waals surface area contributed by atoms with Crippen LogP contribution in [0.1, 0.15) is 10.4 Å². The van der Waals surface area contributed by atoms with Gasteiger partial charge in [-0.2, -0.15) is 18.4 Å². The maximum atomic E-state index is 11.8. The molecular weight excluding hydrogens is 279 g/mol. The third kappa shape index (κ3) is 3.75. The number of amides is 1. The summed E-state index contributed by atoms with van der Waals surface area (Å²) in [5.74, 6) is -0.445. The second kappa shape index (κ2) is 5.65. The smallest absolute Gasteiger partial charge is 0.267 e. The van der Waals surface area contributed by atoms with E-state index in [0.29, 0.717) is 11.4 Å². The SMILES string of the molecule is O=C(NOCC(F)(F)F)c1ccc(-c2nn[nH]n2)cc1. The van der Waals surface area contributed by atoms with Crippen LogP contribution in [0.3, 0.4) is 0 Å². The Morgan fingerprint density at radius 2 is 2.00 bits per heavy atom. The first-order valence-electron chi connectivity index (χ1n) is 5.28. The Hall–Kier alpha value is -2.49. The van der Waals surface area contributed by atoms with Crippen molar-refractivity contribution in [1.29, 1.82) is 0 Å². The summed E-state index contributed by atoms with van der Waals surface area (Å²) in [6, 6.07) is 5.86. The van der Waals surface area contributed by atoms with Crippen molar-refractivity contribution >= 4 is 5.91 Å². The van der Waals surface area contributed by atoms with Gasteiger partial charge in [-0.15, -0.1) is 10.2 Å². The molecule has 1 aromatic heterocycles. The quantitative estimate of drug-likeness (QED) is 0.821. The molecule has 0 aliphatic heterocycles. The summed E-state index contributed by atoms with van der Waals surface area (Å²) in [6.45, 7) is -1.56. The van der Waals surface area contributed by atoms with Gasteiger partial charge in [0, 0.05) is 11.1 Å². The van der Waals surface area contributed by atoms with Gasteiger partial charge in [-0.25, -0.2) is 5.48 Å². The molecule has 1 aromatic carbocycles. The molecule has 0 radical (unpaired) electrons. The maximum absolute atomic E-state index is 11.8. The lowest BCUT2D eigenvalue weighted by Gasteiger charge is -2.08. The van der Waals surface area contributed by atoms with Gasteiger partial charge in [0.05, 0.1) is 0 Å². The van der Waals surface area contributed by atoms with E-state index in [-0.39, 0.29) is 5.56 Å². The van der Waals surface area contributed by atoms with Crippen molar-refractivity contribution in [2.45, 2.75) is 6.18 Å². The van der Waals surface area contributed by atoms with Gasteiger partial charge in [0.15, 0.2) is 6.61 Å². The average molecular weight is 287 g/mol. The molecule has 7 nitrogen and oxygen atoms in total. The summed E-state index contributed by atoms with van der Waals surface area (Å²) in [5.41, 5.74) is 2.44. The number of aromatic nitrogens is 4. The van der Waals surface area contributed by atoms with Crippen LogP contribution in [-0.2, 0) is 4.84 Å². The molecule has 0 fully saturated rings. The van der Waals surface area contributed by atoms with Crippen molar-refractivity contribution < 1.29 is 22.8 Å². The number of rotatable bonds is 4. The van der Waals surface area contributed by atoms with Crippen LogP contribution < -0.4 is 5.48 Å². The van der Waals surface area contributed by atoms with E-state index in [9.17, 15) is 18.0 Å². The summed E-state index contributed by atoms with van der Waals surface area (Å²) in [5, 5.41) is 13.1. The molecule has 0 unspecified atom stereocenters. The van der Waals surface area contributed by atoms with Crippen LogP contribution in [0.25, 0.3) is 11.4 Å². The largest absolute Gasteiger partial charge is 0.414 e. The molecule has 2 N–H and O–H groups in total. The van der Waals surface area contributed by atoms with Gasteiger partial charge in [-0.3, -0.25) is 9.63 Å². The van der Waals surface area contributed by atoms with Gasteiger partial charge in [0.2, 0.25) is 5.82 Å². The monoisotopic (exact) mass is 287 g/mol. The molecule has 0 bridgehead atoms. The Balaban J connectivity index is 1.94. The number of benzene rings is 1. The third-order valence-electron chi connectivity index (χ3n) is 2.15. The highest BCUT2D eigenvalue weighted by Crippen LogP contribution is 2.15. The fraction of sp³-hybridized carbons (Fsp3) is 0.200. The number of carbonyl (C=O) groups is 1. The Bertz CT molecular complexity index is 568. The van der Waals surface area contributed by atoms with E-state index < -0.39 is 18.7 Å². The van der Waals surface area contributed by atoms with Crippen LogP contribution >= 0.6 is 0 Å². The fourth-order valence-corrected chi connectivity index (χ4v) is 1.30. The molecule has 20 heavy (non-hydrogen) atoms. The number of halogens is 3. The van der Waals surface area contributed by atoms with Gasteiger partial charge >= 0.3 is 6.18 Å². The zero-order chi connectivity index (χ0) is 14.6. The number of hydrogen-bond acceptors (Lipinski definition) is 5. The van der Waals surface area contributed by atoms with Gasteiger partial charge in [0.25, 0.3) is 5.91 Å². The number of H-pyrrole nitrogens is 1. The van der Waals surface area contributed by atoms with E-state index in [4.69, 9.17) is 0 Å². The first kappa shape index (κ1) is 13.9. The van der Waals surface area contributed by atoms with Gasteiger partial charge in [-0.1, -0.05) is 12.1 Å². The first-order chi connectivity index (χ1) is 9.46. The summed E-state index contributed by atoms with van der Waals surface area (Å²) in [6.07, 6.45) is -4.50. The molecule has 106 valence electrons.